The van der Waals surface area contributed by atoms with Crippen molar-refractivity contribution in [3.8, 4) is 22.9 Å². The zero-order valence-corrected chi connectivity index (χ0v) is 15.7. The van der Waals surface area contributed by atoms with Crippen molar-refractivity contribution in [3.05, 3.63) is 53.8 Å². The molecule has 6 nitrogen and oxygen atoms in total. The number of amides is 1. The molecule has 0 bridgehead atoms. The zero-order valence-electron chi connectivity index (χ0n) is 14.9. The van der Waals surface area contributed by atoms with Crippen molar-refractivity contribution in [2.45, 2.75) is 13.3 Å². The number of nitrogens with one attached hydrogen (secondary N) is 1. The van der Waals surface area contributed by atoms with Gasteiger partial charge in [-0.15, -0.1) is 23.7 Å². The Morgan fingerprint density at radius 1 is 1.22 bits per heavy atom. The fourth-order valence-corrected chi connectivity index (χ4v) is 3.41. The average molecular weight is 377 g/mol. The van der Waals surface area contributed by atoms with Crippen LogP contribution < -0.4 is 5.32 Å². The molecular weight excluding hydrogens is 358 g/mol. The molecule has 0 spiro atoms. The van der Waals surface area contributed by atoms with Crippen molar-refractivity contribution in [1.82, 2.24) is 19.9 Å². The van der Waals surface area contributed by atoms with Crippen LogP contribution in [0.5, 0.6) is 0 Å². The molecular formula is C20H19N5OS. The van der Waals surface area contributed by atoms with E-state index >= 15 is 0 Å². The zero-order chi connectivity index (χ0) is 19.1. The van der Waals surface area contributed by atoms with Gasteiger partial charge in [0.25, 0.3) is 5.91 Å². The van der Waals surface area contributed by atoms with Gasteiger partial charge in [0, 0.05) is 43.8 Å². The Labute approximate surface area is 162 Å². The number of terminal acetylenes is 1. The third-order valence-electron chi connectivity index (χ3n) is 3.86. The van der Waals surface area contributed by atoms with Crippen molar-refractivity contribution < 1.29 is 4.79 Å². The quantitative estimate of drug-likeness (QED) is 0.634. The summed E-state index contributed by atoms with van der Waals surface area (Å²) < 4.78 is 0. The minimum absolute atomic E-state index is 0.00631. The Balaban J connectivity index is 1.77. The second-order valence-corrected chi connectivity index (χ2v) is 6.71. The van der Waals surface area contributed by atoms with E-state index in [-0.39, 0.29) is 5.91 Å². The molecule has 0 saturated carbocycles. The number of hydrogen-bond acceptors (Lipinski definition) is 6. The van der Waals surface area contributed by atoms with Crippen molar-refractivity contribution in [2.24, 2.45) is 0 Å². The van der Waals surface area contributed by atoms with E-state index in [0.29, 0.717) is 30.3 Å². The second-order valence-electron chi connectivity index (χ2n) is 5.63. The standard InChI is InChI=1S/C20H19N5OS/c1-3-5-14-25(4-2)19(26)18-7-6-17(27-18)16-10-13-22-20(24-16)23-15-8-11-21-12-9-15/h1,6-13H,4-5,14H2,2H3,(H,21,22,23,24). The highest BCUT2D eigenvalue weighted by Crippen LogP contribution is 2.28. The first-order valence-electron chi connectivity index (χ1n) is 8.54. The molecule has 0 atom stereocenters. The summed E-state index contributed by atoms with van der Waals surface area (Å²) in [4.78, 5) is 28.8. The number of carbonyl (C=O) groups is 1. The summed E-state index contributed by atoms with van der Waals surface area (Å²) in [7, 11) is 0. The van der Waals surface area contributed by atoms with Crippen LogP contribution in [-0.4, -0.2) is 38.8 Å². The molecule has 3 aromatic heterocycles. The fourth-order valence-electron chi connectivity index (χ4n) is 2.47. The topological polar surface area (TPSA) is 71.0 Å². The summed E-state index contributed by atoms with van der Waals surface area (Å²) in [6, 6.07) is 9.25. The van der Waals surface area contributed by atoms with Crippen LogP contribution in [0.15, 0.2) is 48.9 Å². The summed E-state index contributed by atoms with van der Waals surface area (Å²) in [5, 5.41) is 3.14. The molecule has 27 heavy (non-hydrogen) atoms. The SMILES string of the molecule is C#CCCN(CC)C(=O)c1ccc(-c2ccnc(Nc3ccncc3)n2)s1. The van der Waals surface area contributed by atoms with E-state index in [0.717, 1.165) is 16.3 Å². The first kappa shape index (κ1) is 18.5. The smallest absolute Gasteiger partial charge is 0.263 e. The molecule has 3 rings (SSSR count). The minimum atomic E-state index is -0.00631. The molecule has 0 aromatic carbocycles. The third-order valence-corrected chi connectivity index (χ3v) is 4.95. The molecule has 136 valence electrons. The number of nitrogens with zero attached hydrogens (tertiary/aromatic N) is 4. The molecule has 0 fully saturated rings. The van der Waals surface area contributed by atoms with Crippen LogP contribution in [0.25, 0.3) is 10.6 Å². The average Bonchev–Trinajstić information content (AvgIpc) is 3.20. The number of thiophene rings is 1. The Bertz CT molecular complexity index is 948. The molecule has 0 aliphatic heterocycles. The van der Waals surface area contributed by atoms with Gasteiger partial charge in [0.2, 0.25) is 5.95 Å². The molecule has 3 aromatic rings. The van der Waals surface area contributed by atoms with E-state index in [2.05, 4.69) is 26.2 Å². The van der Waals surface area contributed by atoms with E-state index in [1.165, 1.54) is 11.3 Å². The summed E-state index contributed by atoms with van der Waals surface area (Å²) in [5.74, 6) is 3.06. The van der Waals surface area contributed by atoms with Gasteiger partial charge in [-0.1, -0.05) is 0 Å². The Morgan fingerprint density at radius 3 is 2.78 bits per heavy atom. The molecule has 1 amide bonds. The highest BCUT2D eigenvalue weighted by atomic mass is 32.1. The van der Waals surface area contributed by atoms with E-state index < -0.39 is 0 Å². The third kappa shape index (κ3) is 4.68. The number of pyridine rings is 1. The minimum Gasteiger partial charge on any atom is -0.337 e. The molecule has 0 unspecified atom stereocenters. The van der Waals surface area contributed by atoms with Crippen LogP contribution in [0.2, 0.25) is 0 Å². The maximum absolute atomic E-state index is 12.7. The largest absolute Gasteiger partial charge is 0.337 e. The van der Waals surface area contributed by atoms with E-state index in [1.807, 2.05) is 37.3 Å². The van der Waals surface area contributed by atoms with E-state index in [4.69, 9.17) is 6.42 Å². The van der Waals surface area contributed by atoms with Crippen LogP contribution in [0.1, 0.15) is 23.0 Å². The lowest BCUT2D eigenvalue weighted by atomic mass is 10.3. The monoisotopic (exact) mass is 377 g/mol. The lowest BCUT2D eigenvalue weighted by Crippen LogP contribution is -2.31. The van der Waals surface area contributed by atoms with Crippen LogP contribution in [-0.2, 0) is 0 Å². The number of anilines is 2. The lowest BCUT2D eigenvalue weighted by Gasteiger charge is -2.18. The van der Waals surface area contributed by atoms with Gasteiger partial charge in [0.1, 0.15) is 0 Å². The fraction of sp³-hybridized carbons (Fsp3) is 0.200. The van der Waals surface area contributed by atoms with Gasteiger partial charge >= 0.3 is 0 Å². The second kappa shape index (κ2) is 8.92. The van der Waals surface area contributed by atoms with Crippen LogP contribution in [0.4, 0.5) is 11.6 Å². The molecule has 0 aliphatic rings. The summed E-state index contributed by atoms with van der Waals surface area (Å²) in [6.07, 6.45) is 10.9. The summed E-state index contributed by atoms with van der Waals surface area (Å²) in [5.41, 5.74) is 1.62. The number of hydrogen-bond donors (Lipinski definition) is 1. The highest BCUT2D eigenvalue weighted by molar-refractivity contribution is 7.17. The van der Waals surface area contributed by atoms with Crippen molar-refractivity contribution in [2.75, 3.05) is 18.4 Å². The first-order valence-corrected chi connectivity index (χ1v) is 9.36. The Kier molecular flexibility index (Phi) is 6.13. The van der Waals surface area contributed by atoms with Crippen LogP contribution >= 0.6 is 11.3 Å². The molecule has 1 N–H and O–H groups in total. The van der Waals surface area contributed by atoms with Crippen molar-refractivity contribution >= 4 is 28.9 Å². The molecule has 0 radical (unpaired) electrons. The predicted molar refractivity (Wildman–Crippen MR) is 108 cm³/mol. The Hall–Kier alpha value is -3.24. The summed E-state index contributed by atoms with van der Waals surface area (Å²) >= 11 is 1.42. The van der Waals surface area contributed by atoms with Crippen LogP contribution in [0.3, 0.4) is 0 Å². The predicted octanol–water partition coefficient (Wildman–Crippen LogP) is 3.83. The molecule has 0 aliphatic carbocycles. The van der Waals surface area contributed by atoms with Gasteiger partial charge in [0.05, 0.1) is 15.4 Å². The van der Waals surface area contributed by atoms with Crippen LogP contribution in [0, 0.1) is 12.3 Å². The number of carbonyl (C=O) groups excluding carboxylic acids is 1. The first-order chi connectivity index (χ1) is 13.2. The Morgan fingerprint density at radius 2 is 2.04 bits per heavy atom. The van der Waals surface area contributed by atoms with E-state index in [1.54, 1.807) is 23.5 Å². The van der Waals surface area contributed by atoms with Gasteiger partial charge in [-0.2, -0.15) is 0 Å². The summed E-state index contributed by atoms with van der Waals surface area (Å²) in [6.45, 7) is 3.14. The maximum atomic E-state index is 12.7. The number of rotatable bonds is 7. The molecule has 3 heterocycles. The number of aromatic nitrogens is 3. The normalized spacial score (nSPS) is 10.2. The van der Waals surface area contributed by atoms with Crippen molar-refractivity contribution in [1.29, 1.82) is 0 Å². The molecule has 0 saturated heterocycles. The van der Waals surface area contributed by atoms with Gasteiger partial charge < -0.3 is 10.2 Å². The molecule has 7 heteroatoms. The van der Waals surface area contributed by atoms with Gasteiger partial charge in [-0.3, -0.25) is 9.78 Å². The highest BCUT2D eigenvalue weighted by Gasteiger charge is 2.17. The maximum Gasteiger partial charge on any atom is 0.263 e. The lowest BCUT2D eigenvalue weighted by molar-refractivity contribution is 0.0773. The van der Waals surface area contributed by atoms with Crippen molar-refractivity contribution in [3.63, 3.8) is 0 Å². The van der Waals surface area contributed by atoms with Gasteiger partial charge in [-0.05, 0) is 37.3 Å². The van der Waals surface area contributed by atoms with Gasteiger partial charge in [0.15, 0.2) is 0 Å². The van der Waals surface area contributed by atoms with Gasteiger partial charge in [-0.25, -0.2) is 9.97 Å². The van der Waals surface area contributed by atoms with E-state index in [9.17, 15) is 4.79 Å².